The predicted octanol–water partition coefficient (Wildman–Crippen LogP) is 6.38. The average molecular weight is 467 g/mol. The minimum Gasteiger partial charge on any atom is -0.497 e. The summed E-state index contributed by atoms with van der Waals surface area (Å²) >= 11 is 12.0. The highest BCUT2D eigenvalue weighted by Gasteiger charge is 2.31. The summed E-state index contributed by atoms with van der Waals surface area (Å²) in [7, 11) is 1.58. The van der Waals surface area contributed by atoms with Crippen molar-refractivity contribution in [1.29, 1.82) is 0 Å². The summed E-state index contributed by atoms with van der Waals surface area (Å²) in [6.45, 7) is 0. The Hall–Kier alpha value is -3.61. The van der Waals surface area contributed by atoms with Gasteiger partial charge in [-0.25, -0.2) is 0 Å². The van der Waals surface area contributed by atoms with E-state index in [4.69, 9.17) is 27.9 Å². The van der Waals surface area contributed by atoms with Crippen LogP contribution in [0.15, 0.2) is 78.4 Å². The number of hydrogen-bond acceptors (Lipinski definition) is 4. The van der Waals surface area contributed by atoms with Crippen molar-refractivity contribution in [2.75, 3.05) is 12.0 Å². The van der Waals surface area contributed by atoms with E-state index >= 15 is 0 Å². The second-order valence-electron chi connectivity index (χ2n) is 6.94. The number of halogens is 2. The fraction of sp³-hybridized carbons (Fsp3) is 0.0417. The molecule has 3 aromatic carbocycles. The van der Waals surface area contributed by atoms with Crippen molar-refractivity contribution < 1.29 is 14.5 Å². The molecule has 0 aliphatic carbocycles. The maximum Gasteiger partial charge on any atom is 0.289 e. The number of nitrogens with zero attached hydrogens (tertiary/aromatic N) is 2. The molecule has 3 aromatic rings. The number of nitro benzene ring substituents is 1. The van der Waals surface area contributed by atoms with Gasteiger partial charge in [-0.3, -0.25) is 19.8 Å². The Morgan fingerprint density at radius 1 is 1.00 bits per heavy atom. The first-order chi connectivity index (χ1) is 15.4. The molecule has 1 aliphatic heterocycles. The van der Waals surface area contributed by atoms with Gasteiger partial charge in [-0.15, -0.1) is 0 Å². The maximum absolute atomic E-state index is 13.4. The van der Waals surface area contributed by atoms with Crippen molar-refractivity contribution in [2.45, 2.75) is 0 Å². The van der Waals surface area contributed by atoms with Gasteiger partial charge in [0, 0.05) is 16.7 Å². The van der Waals surface area contributed by atoms with Gasteiger partial charge < -0.3 is 4.74 Å². The largest absolute Gasteiger partial charge is 0.497 e. The van der Waals surface area contributed by atoms with Crippen LogP contribution in [0.1, 0.15) is 11.1 Å². The quantitative estimate of drug-likeness (QED) is 0.248. The lowest BCUT2D eigenvalue weighted by Gasteiger charge is -2.21. The molecule has 1 aliphatic rings. The summed E-state index contributed by atoms with van der Waals surface area (Å²) in [4.78, 5) is 25.6. The van der Waals surface area contributed by atoms with Crippen LogP contribution < -0.4 is 9.64 Å². The molecule has 1 amide bonds. The van der Waals surface area contributed by atoms with E-state index in [0.717, 1.165) is 11.1 Å². The molecule has 0 N–H and O–H groups in total. The van der Waals surface area contributed by atoms with Crippen LogP contribution in [0.5, 0.6) is 5.75 Å². The molecule has 4 rings (SSSR count). The molecule has 0 atom stereocenters. The minimum atomic E-state index is -0.577. The summed E-state index contributed by atoms with van der Waals surface area (Å²) < 4.78 is 5.18. The van der Waals surface area contributed by atoms with Gasteiger partial charge in [-0.1, -0.05) is 47.5 Å². The molecule has 8 heteroatoms. The Labute approximate surface area is 194 Å². The number of ether oxygens (including phenoxy) is 1. The molecule has 1 heterocycles. The zero-order valence-electron chi connectivity index (χ0n) is 16.8. The second-order valence-corrected chi connectivity index (χ2v) is 7.79. The Morgan fingerprint density at radius 2 is 1.69 bits per heavy atom. The van der Waals surface area contributed by atoms with Gasteiger partial charge in [0.25, 0.3) is 11.6 Å². The molecule has 6 nitrogen and oxygen atoms in total. The molecule has 32 heavy (non-hydrogen) atoms. The zero-order valence-corrected chi connectivity index (χ0v) is 18.3. The molecule has 0 bridgehead atoms. The van der Waals surface area contributed by atoms with E-state index in [1.54, 1.807) is 61.7 Å². The van der Waals surface area contributed by atoms with Crippen molar-refractivity contribution in [3.8, 4) is 5.75 Å². The SMILES string of the molecule is COc1ccc(/C=C2/C=C(c3ccc(Cl)cc3)N(c3ccc(Cl)c([N+](=O)[O-])c3)C2=O)cc1. The molecule has 0 saturated heterocycles. The molecule has 0 spiro atoms. The number of hydrogen-bond donors (Lipinski definition) is 0. The summed E-state index contributed by atoms with van der Waals surface area (Å²) in [6.07, 6.45) is 3.50. The monoisotopic (exact) mass is 466 g/mol. The van der Waals surface area contributed by atoms with Gasteiger partial charge >= 0.3 is 0 Å². The van der Waals surface area contributed by atoms with Crippen molar-refractivity contribution in [3.05, 3.63) is 110 Å². The fourth-order valence-electron chi connectivity index (χ4n) is 3.36. The van der Waals surface area contributed by atoms with Gasteiger partial charge in [-0.05, 0) is 59.7 Å². The van der Waals surface area contributed by atoms with Crippen LogP contribution in [-0.2, 0) is 4.79 Å². The first-order valence-corrected chi connectivity index (χ1v) is 10.2. The number of nitro groups is 1. The molecular weight excluding hydrogens is 451 g/mol. The van der Waals surface area contributed by atoms with Gasteiger partial charge in [0.15, 0.2) is 0 Å². The lowest BCUT2D eigenvalue weighted by Crippen LogP contribution is -2.25. The van der Waals surface area contributed by atoms with E-state index < -0.39 is 4.92 Å². The molecule has 0 fully saturated rings. The molecule has 160 valence electrons. The van der Waals surface area contributed by atoms with Crippen molar-refractivity contribution in [3.63, 3.8) is 0 Å². The third-order valence-electron chi connectivity index (χ3n) is 4.95. The third kappa shape index (κ3) is 4.23. The van der Waals surface area contributed by atoms with E-state index in [1.165, 1.54) is 17.0 Å². The first kappa shape index (κ1) is 21.6. The molecular formula is C24H16Cl2N2O4. The first-order valence-electron chi connectivity index (χ1n) is 9.49. The number of methoxy groups -OCH3 is 1. The van der Waals surface area contributed by atoms with E-state index in [2.05, 4.69) is 0 Å². The van der Waals surface area contributed by atoms with E-state index in [-0.39, 0.29) is 16.6 Å². The smallest absolute Gasteiger partial charge is 0.289 e. The van der Waals surface area contributed by atoms with Crippen molar-refractivity contribution in [1.82, 2.24) is 0 Å². The van der Waals surface area contributed by atoms with Crippen LogP contribution in [-0.4, -0.2) is 17.9 Å². The topological polar surface area (TPSA) is 72.7 Å². The van der Waals surface area contributed by atoms with Crippen molar-refractivity contribution in [2.24, 2.45) is 0 Å². The van der Waals surface area contributed by atoms with Gasteiger partial charge in [0.05, 0.1) is 23.4 Å². The standard InChI is InChI=1S/C24H16Cl2N2O4/c1-32-20-9-2-15(3-10-20)12-17-13-22(16-4-6-18(25)7-5-16)27(24(17)29)19-8-11-21(26)23(14-19)28(30)31/h2-14H,1H3/b17-12-. The second kappa shape index (κ2) is 8.86. The number of carbonyl (C=O) groups excluding carboxylic acids is 1. The summed E-state index contributed by atoms with van der Waals surface area (Å²) in [5, 5.41) is 11.9. The van der Waals surface area contributed by atoms with E-state index in [1.807, 2.05) is 12.1 Å². The number of benzene rings is 3. The predicted molar refractivity (Wildman–Crippen MR) is 126 cm³/mol. The van der Waals surface area contributed by atoms with Crippen LogP contribution in [0.3, 0.4) is 0 Å². The van der Waals surface area contributed by atoms with Gasteiger partial charge in [0.2, 0.25) is 0 Å². The highest BCUT2D eigenvalue weighted by atomic mass is 35.5. The fourth-order valence-corrected chi connectivity index (χ4v) is 3.68. The van der Waals surface area contributed by atoms with Crippen LogP contribution in [0.2, 0.25) is 10.0 Å². The highest BCUT2D eigenvalue weighted by molar-refractivity contribution is 6.33. The number of rotatable bonds is 5. The Bertz CT molecular complexity index is 1270. The number of carbonyl (C=O) groups is 1. The third-order valence-corrected chi connectivity index (χ3v) is 5.52. The maximum atomic E-state index is 13.4. The number of amides is 1. The number of anilines is 1. The van der Waals surface area contributed by atoms with Crippen LogP contribution >= 0.6 is 23.2 Å². The minimum absolute atomic E-state index is 0.00332. The van der Waals surface area contributed by atoms with E-state index in [9.17, 15) is 14.9 Å². The zero-order chi connectivity index (χ0) is 22.8. The van der Waals surface area contributed by atoms with Crippen LogP contribution in [0.4, 0.5) is 11.4 Å². The van der Waals surface area contributed by atoms with Gasteiger partial charge in [-0.2, -0.15) is 0 Å². The Kier molecular flexibility index (Phi) is 5.99. The molecule has 0 unspecified atom stereocenters. The van der Waals surface area contributed by atoms with Crippen LogP contribution in [0.25, 0.3) is 11.8 Å². The molecule has 0 radical (unpaired) electrons. The molecule has 0 aromatic heterocycles. The Morgan fingerprint density at radius 3 is 2.31 bits per heavy atom. The average Bonchev–Trinajstić information content (AvgIpc) is 3.11. The highest BCUT2D eigenvalue weighted by Crippen LogP contribution is 2.38. The summed E-state index contributed by atoms with van der Waals surface area (Å²) in [5.74, 6) is 0.389. The lowest BCUT2D eigenvalue weighted by atomic mass is 10.1. The van der Waals surface area contributed by atoms with Crippen molar-refractivity contribution >= 4 is 52.3 Å². The van der Waals surface area contributed by atoms with Crippen LogP contribution in [0, 0.1) is 10.1 Å². The summed E-state index contributed by atoms with van der Waals surface area (Å²) in [6, 6.07) is 18.6. The van der Waals surface area contributed by atoms with Gasteiger partial charge in [0.1, 0.15) is 10.8 Å². The molecule has 0 saturated carbocycles. The lowest BCUT2D eigenvalue weighted by molar-refractivity contribution is -0.384. The normalized spacial score (nSPS) is 14.6. The van der Waals surface area contributed by atoms with E-state index in [0.29, 0.717) is 27.7 Å². The summed E-state index contributed by atoms with van der Waals surface area (Å²) in [5.41, 5.74) is 2.61. The Balaban J connectivity index is 1.82.